The topological polar surface area (TPSA) is 40.1 Å². The summed E-state index contributed by atoms with van der Waals surface area (Å²) in [6.07, 6.45) is 3.25. The maximum absolute atomic E-state index is 10.6. The van der Waals surface area contributed by atoms with Crippen molar-refractivity contribution in [3.05, 3.63) is 71.8 Å². The van der Waals surface area contributed by atoms with Crippen molar-refractivity contribution in [1.29, 1.82) is 0 Å². The summed E-state index contributed by atoms with van der Waals surface area (Å²) >= 11 is 0. The van der Waals surface area contributed by atoms with Gasteiger partial charge in [-0.1, -0.05) is 60.7 Å². The Morgan fingerprint density at radius 1 is 1.00 bits per heavy atom. The summed E-state index contributed by atoms with van der Waals surface area (Å²) in [5, 5.41) is 10.6. The average molecular weight is 265 g/mol. The zero-order chi connectivity index (χ0) is 14.4. The molecule has 2 aromatic rings. The normalized spacial score (nSPS) is 11.3. The predicted molar refractivity (Wildman–Crippen MR) is 79.0 cm³/mol. The Hall–Kier alpha value is -2.35. The predicted octanol–water partition coefficient (Wildman–Crippen LogP) is 2.98. The van der Waals surface area contributed by atoms with Crippen molar-refractivity contribution in [2.75, 3.05) is 0 Å². The van der Waals surface area contributed by atoms with Crippen LogP contribution in [-0.4, -0.2) is 5.97 Å². The van der Waals surface area contributed by atoms with E-state index in [4.69, 9.17) is 0 Å². The molecule has 0 spiro atoms. The third-order valence-corrected chi connectivity index (χ3v) is 3.27. The fourth-order valence-corrected chi connectivity index (χ4v) is 2.03. The molecule has 102 valence electrons. The number of carbonyl (C=O) groups is 1. The number of aryl methyl sites for hydroxylation is 1. The quantitative estimate of drug-likeness (QED) is 0.780. The first kappa shape index (κ1) is 14.1. The molecule has 0 heterocycles. The number of aliphatic carboxylic acids is 1. The number of hydrogen-bond acceptors (Lipinski definition) is 2. The highest BCUT2D eigenvalue weighted by Crippen LogP contribution is 2.19. The van der Waals surface area contributed by atoms with Crippen molar-refractivity contribution in [1.82, 2.24) is 0 Å². The van der Waals surface area contributed by atoms with E-state index in [0.29, 0.717) is 12.0 Å². The lowest BCUT2D eigenvalue weighted by atomic mass is 10.0. The molecule has 2 nitrogen and oxygen atoms in total. The summed E-state index contributed by atoms with van der Waals surface area (Å²) in [6.45, 7) is 1.56. The van der Waals surface area contributed by atoms with Gasteiger partial charge in [0.25, 0.3) is 0 Å². The Morgan fingerprint density at radius 2 is 1.60 bits per heavy atom. The first-order valence-electron chi connectivity index (χ1n) is 6.69. The van der Waals surface area contributed by atoms with Gasteiger partial charge in [0.2, 0.25) is 0 Å². The molecule has 0 saturated carbocycles. The molecular weight excluding hydrogens is 248 g/mol. The summed E-state index contributed by atoms with van der Waals surface area (Å²) in [4.78, 5) is 10.6. The molecule has 2 aromatic carbocycles. The molecule has 0 radical (unpaired) electrons. The van der Waals surface area contributed by atoms with Crippen molar-refractivity contribution < 1.29 is 9.90 Å². The highest BCUT2D eigenvalue weighted by Gasteiger charge is 1.97. The lowest BCUT2D eigenvalue weighted by Gasteiger charge is -2.04. The van der Waals surface area contributed by atoms with Crippen LogP contribution in [0.15, 0.2) is 66.2 Å². The number of benzene rings is 2. The van der Waals surface area contributed by atoms with Gasteiger partial charge in [-0.25, -0.2) is 0 Å². The van der Waals surface area contributed by atoms with Gasteiger partial charge in [0.15, 0.2) is 0 Å². The monoisotopic (exact) mass is 265 g/mol. The molecule has 0 aliphatic heterocycles. The SMILES string of the molecule is C/C(=C\CCc1ccc(-c2ccccc2)cc1)C(=O)[O-]. The summed E-state index contributed by atoms with van der Waals surface area (Å²) in [7, 11) is 0. The molecule has 0 aromatic heterocycles. The molecule has 2 rings (SSSR count). The minimum atomic E-state index is -1.09. The number of carboxylic acids is 1. The van der Waals surface area contributed by atoms with Crippen LogP contribution >= 0.6 is 0 Å². The number of carbonyl (C=O) groups excluding carboxylic acids is 1. The molecule has 0 aliphatic rings. The zero-order valence-corrected chi connectivity index (χ0v) is 11.5. The minimum absolute atomic E-state index is 0.297. The van der Waals surface area contributed by atoms with Crippen LogP contribution in [0, 0.1) is 0 Å². The molecule has 0 N–H and O–H groups in total. The smallest absolute Gasteiger partial charge is 0.0668 e. The Bertz CT molecular complexity index is 595. The highest BCUT2D eigenvalue weighted by atomic mass is 16.4. The van der Waals surface area contributed by atoms with Gasteiger partial charge in [0, 0.05) is 0 Å². The summed E-state index contributed by atoms with van der Waals surface area (Å²) < 4.78 is 0. The van der Waals surface area contributed by atoms with Crippen molar-refractivity contribution in [2.45, 2.75) is 19.8 Å². The van der Waals surface area contributed by atoms with Gasteiger partial charge >= 0.3 is 0 Å². The van der Waals surface area contributed by atoms with E-state index in [1.165, 1.54) is 16.7 Å². The average Bonchev–Trinajstić information content (AvgIpc) is 2.48. The van der Waals surface area contributed by atoms with Crippen molar-refractivity contribution in [3.63, 3.8) is 0 Å². The Labute approximate surface area is 119 Å². The minimum Gasteiger partial charge on any atom is -0.545 e. The van der Waals surface area contributed by atoms with Gasteiger partial charge in [-0.2, -0.15) is 0 Å². The molecular formula is C18H17O2-. The zero-order valence-electron chi connectivity index (χ0n) is 11.5. The molecule has 0 bridgehead atoms. The van der Waals surface area contributed by atoms with Crippen molar-refractivity contribution >= 4 is 5.97 Å². The van der Waals surface area contributed by atoms with Crippen LogP contribution in [0.2, 0.25) is 0 Å². The van der Waals surface area contributed by atoms with Crippen LogP contribution in [0.1, 0.15) is 18.9 Å². The van der Waals surface area contributed by atoms with E-state index >= 15 is 0 Å². The lowest BCUT2D eigenvalue weighted by molar-refractivity contribution is -0.299. The summed E-state index contributed by atoms with van der Waals surface area (Å²) in [5.74, 6) is -1.09. The Balaban J connectivity index is 1.99. The van der Waals surface area contributed by atoms with Crippen molar-refractivity contribution in [2.24, 2.45) is 0 Å². The summed E-state index contributed by atoms with van der Waals surface area (Å²) in [5.41, 5.74) is 3.89. The van der Waals surface area contributed by atoms with E-state index in [0.717, 1.165) is 6.42 Å². The van der Waals surface area contributed by atoms with Gasteiger partial charge in [-0.05, 0) is 42.0 Å². The first-order valence-corrected chi connectivity index (χ1v) is 6.69. The van der Waals surface area contributed by atoms with E-state index in [9.17, 15) is 9.90 Å². The second kappa shape index (κ2) is 6.71. The summed E-state index contributed by atoms with van der Waals surface area (Å²) in [6, 6.07) is 18.6. The van der Waals surface area contributed by atoms with Gasteiger partial charge in [0.1, 0.15) is 0 Å². The molecule has 0 saturated heterocycles. The maximum Gasteiger partial charge on any atom is 0.0668 e. The van der Waals surface area contributed by atoms with E-state index < -0.39 is 5.97 Å². The van der Waals surface area contributed by atoms with Crippen molar-refractivity contribution in [3.8, 4) is 11.1 Å². The number of carboxylic acid groups (broad SMARTS) is 1. The van der Waals surface area contributed by atoms with Crippen LogP contribution in [-0.2, 0) is 11.2 Å². The van der Waals surface area contributed by atoms with Crippen LogP contribution in [0.4, 0.5) is 0 Å². The van der Waals surface area contributed by atoms with Gasteiger partial charge in [-0.15, -0.1) is 0 Å². The van der Waals surface area contributed by atoms with Gasteiger partial charge in [-0.3, -0.25) is 0 Å². The molecule has 0 atom stereocenters. The standard InChI is InChI=1S/C18H18O2/c1-14(18(19)20)6-5-7-15-10-12-17(13-11-15)16-8-3-2-4-9-16/h2-4,6,8-13H,5,7H2,1H3,(H,19,20)/p-1/b14-6+. The second-order valence-electron chi connectivity index (χ2n) is 4.78. The molecule has 0 aliphatic carbocycles. The van der Waals surface area contributed by atoms with Crippen LogP contribution < -0.4 is 5.11 Å². The Morgan fingerprint density at radius 3 is 2.20 bits per heavy atom. The maximum atomic E-state index is 10.6. The van der Waals surface area contributed by atoms with E-state index in [1.54, 1.807) is 13.0 Å². The third-order valence-electron chi connectivity index (χ3n) is 3.27. The van der Waals surface area contributed by atoms with Gasteiger partial charge in [0.05, 0.1) is 5.97 Å². The fraction of sp³-hybridized carbons (Fsp3) is 0.167. The van der Waals surface area contributed by atoms with Crippen LogP contribution in [0.25, 0.3) is 11.1 Å². The first-order chi connectivity index (χ1) is 9.66. The molecule has 20 heavy (non-hydrogen) atoms. The largest absolute Gasteiger partial charge is 0.545 e. The highest BCUT2D eigenvalue weighted by molar-refractivity contribution is 5.83. The second-order valence-corrected chi connectivity index (χ2v) is 4.78. The Kier molecular flexibility index (Phi) is 4.72. The number of rotatable bonds is 5. The van der Waals surface area contributed by atoms with Crippen LogP contribution in [0.5, 0.6) is 0 Å². The number of hydrogen-bond donors (Lipinski definition) is 0. The lowest BCUT2D eigenvalue weighted by Crippen LogP contribution is -2.22. The van der Waals surface area contributed by atoms with Crippen LogP contribution in [0.3, 0.4) is 0 Å². The van der Waals surface area contributed by atoms with E-state index in [-0.39, 0.29) is 0 Å². The number of allylic oxidation sites excluding steroid dienone is 1. The fourth-order valence-electron chi connectivity index (χ4n) is 2.03. The van der Waals surface area contributed by atoms with E-state index in [1.807, 2.05) is 18.2 Å². The molecule has 0 amide bonds. The van der Waals surface area contributed by atoms with Gasteiger partial charge < -0.3 is 9.90 Å². The molecule has 0 fully saturated rings. The molecule has 2 heteroatoms. The molecule has 0 unspecified atom stereocenters. The van der Waals surface area contributed by atoms with E-state index in [2.05, 4.69) is 36.4 Å². The third kappa shape index (κ3) is 3.82.